The molecule has 2 N–H and O–H groups in total. The molecule has 0 aromatic heterocycles. The number of nitrogen functional groups attached to an aromatic ring is 1. The average Bonchev–Trinajstić information content (AvgIpc) is 2.36. The summed E-state index contributed by atoms with van der Waals surface area (Å²) in [7, 11) is 0. The van der Waals surface area contributed by atoms with Crippen molar-refractivity contribution in [3.05, 3.63) is 48.3 Å². The number of hydrogen-bond donors (Lipinski definition) is 1. The molecule has 0 bridgehead atoms. The minimum absolute atomic E-state index is 0.0772. The zero-order valence-corrected chi connectivity index (χ0v) is 11.7. The van der Waals surface area contributed by atoms with Crippen LogP contribution in [-0.2, 0) is 0 Å². The standard InChI is InChI=1S/C15H16FNOS/c1-10(2)18-13-4-3-5-14(15(13)17)19-12-8-6-11(16)7-9-12/h3-10H,17H2,1-2H3. The van der Waals surface area contributed by atoms with Crippen LogP contribution in [0.5, 0.6) is 5.75 Å². The number of rotatable bonds is 4. The maximum atomic E-state index is 12.9. The second kappa shape index (κ2) is 5.97. The van der Waals surface area contributed by atoms with E-state index in [2.05, 4.69) is 0 Å². The minimum atomic E-state index is -0.241. The van der Waals surface area contributed by atoms with Crippen LogP contribution in [0.2, 0.25) is 0 Å². The molecule has 0 aliphatic carbocycles. The van der Waals surface area contributed by atoms with E-state index in [0.29, 0.717) is 11.4 Å². The van der Waals surface area contributed by atoms with Crippen molar-refractivity contribution in [2.45, 2.75) is 29.7 Å². The SMILES string of the molecule is CC(C)Oc1cccc(Sc2ccc(F)cc2)c1N. The predicted molar refractivity (Wildman–Crippen MR) is 77.1 cm³/mol. The van der Waals surface area contributed by atoms with Crippen LogP contribution in [0.4, 0.5) is 10.1 Å². The molecule has 0 spiro atoms. The van der Waals surface area contributed by atoms with E-state index >= 15 is 0 Å². The second-order valence-electron chi connectivity index (χ2n) is 4.39. The van der Waals surface area contributed by atoms with Gasteiger partial charge in [0.1, 0.15) is 11.6 Å². The summed E-state index contributed by atoms with van der Waals surface area (Å²) < 4.78 is 18.5. The number of hydrogen-bond acceptors (Lipinski definition) is 3. The van der Waals surface area contributed by atoms with Gasteiger partial charge in [0.2, 0.25) is 0 Å². The van der Waals surface area contributed by atoms with E-state index in [-0.39, 0.29) is 11.9 Å². The lowest BCUT2D eigenvalue weighted by molar-refractivity contribution is 0.243. The highest BCUT2D eigenvalue weighted by molar-refractivity contribution is 7.99. The summed E-state index contributed by atoms with van der Waals surface area (Å²) in [6.07, 6.45) is 0.0772. The van der Waals surface area contributed by atoms with Gasteiger partial charge in [0, 0.05) is 9.79 Å². The van der Waals surface area contributed by atoms with Gasteiger partial charge in [-0.3, -0.25) is 0 Å². The van der Waals surface area contributed by atoms with Gasteiger partial charge >= 0.3 is 0 Å². The summed E-state index contributed by atoms with van der Waals surface area (Å²) in [5.41, 5.74) is 6.71. The molecule has 2 aromatic carbocycles. The summed E-state index contributed by atoms with van der Waals surface area (Å²) in [4.78, 5) is 1.85. The van der Waals surface area contributed by atoms with Crippen LogP contribution in [0.25, 0.3) is 0 Å². The van der Waals surface area contributed by atoms with Crippen molar-refractivity contribution in [2.75, 3.05) is 5.73 Å². The largest absolute Gasteiger partial charge is 0.489 e. The highest BCUT2D eigenvalue weighted by Gasteiger charge is 2.09. The van der Waals surface area contributed by atoms with Gasteiger partial charge in [-0.2, -0.15) is 0 Å². The maximum Gasteiger partial charge on any atom is 0.143 e. The van der Waals surface area contributed by atoms with Crippen LogP contribution < -0.4 is 10.5 Å². The Bertz CT molecular complexity index is 555. The van der Waals surface area contributed by atoms with Gasteiger partial charge < -0.3 is 10.5 Å². The van der Waals surface area contributed by atoms with Gasteiger partial charge in [-0.15, -0.1) is 0 Å². The molecule has 0 fully saturated rings. The fourth-order valence-corrected chi connectivity index (χ4v) is 2.48. The molecule has 4 heteroatoms. The monoisotopic (exact) mass is 277 g/mol. The third-order valence-electron chi connectivity index (χ3n) is 2.43. The molecule has 2 nitrogen and oxygen atoms in total. The van der Waals surface area contributed by atoms with E-state index < -0.39 is 0 Å². The third kappa shape index (κ3) is 3.64. The number of para-hydroxylation sites is 1. The van der Waals surface area contributed by atoms with Crippen molar-refractivity contribution in [3.8, 4) is 5.75 Å². The minimum Gasteiger partial charge on any atom is -0.489 e. The molecule has 2 aromatic rings. The lowest BCUT2D eigenvalue weighted by atomic mass is 10.3. The zero-order valence-electron chi connectivity index (χ0n) is 10.9. The van der Waals surface area contributed by atoms with Crippen LogP contribution in [0.3, 0.4) is 0 Å². The van der Waals surface area contributed by atoms with Crippen LogP contribution in [0, 0.1) is 5.82 Å². The lowest BCUT2D eigenvalue weighted by Crippen LogP contribution is -2.07. The molecule has 0 amide bonds. The summed E-state index contributed by atoms with van der Waals surface area (Å²) in [6, 6.07) is 12.0. The molecule has 0 atom stereocenters. The lowest BCUT2D eigenvalue weighted by Gasteiger charge is -2.14. The highest BCUT2D eigenvalue weighted by Crippen LogP contribution is 2.37. The Hall–Kier alpha value is -1.68. The Morgan fingerprint density at radius 2 is 1.79 bits per heavy atom. The first kappa shape index (κ1) is 13.7. The number of halogens is 1. The van der Waals surface area contributed by atoms with Crippen molar-refractivity contribution in [1.82, 2.24) is 0 Å². The smallest absolute Gasteiger partial charge is 0.143 e. The number of anilines is 1. The molecular formula is C15H16FNOS. The Balaban J connectivity index is 2.23. The van der Waals surface area contributed by atoms with Gasteiger partial charge in [-0.1, -0.05) is 17.8 Å². The molecule has 0 aliphatic rings. The molecule has 0 radical (unpaired) electrons. The Morgan fingerprint density at radius 3 is 2.42 bits per heavy atom. The molecule has 0 saturated heterocycles. The van der Waals surface area contributed by atoms with Crippen LogP contribution in [0.15, 0.2) is 52.3 Å². The number of benzene rings is 2. The van der Waals surface area contributed by atoms with E-state index in [1.54, 1.807) is 12.1 Å². The Labute approximate surface area is 116 Å². The molecular weight excluding hydrogens is 261 g/mol. The Morgan fingerprint density at radius 1 is 1.11 bits per heavy atom. The van der Waals surface area contributed by atoms with Crippen molar-refractivity contribution < 1.29 is 9.13 Å². The fourth-order valence-electron chi connectivity index (χ4n) is 1.60. The molecule has 100 valence electrons. The topological polar surface area (TPSA) is 35.2 Å². The highest BCUT2D eigenvalue weighted by atomic mass is 32.2. The Kier molecular flexibility index (Phi) is 4.32. The van der Waals surface area contributed by atoms with Gasteiger partial charge in [0.05, 0.1) is 11.8 Å². The van der Waals surface area contributed by atoms with Crippen molar-refractivity contribution in [3.63, 3.8) is 0 Å². The van der Waals surface area contributed by atoms with E-state index in [9.17, 15) is 4.39 Å². The fraction of sp³-hybridized carbons (Fsp3) is 0.200. The van der Waals surface area contributed by atoms with Gasteiger partial charge in [0.25, 0.3) is 0 Å². The normalized spacial score (nSPS) is 10.7. The number of nitrogens with two attached hydrogens (primary N) is 1. The van der Waals surface area contributed by atoms with E-state index in [4.69, 9.17) is 10.5 Å². The second-order valence-corrected chi connectivity index (χ2v) is 5.51. The van der Waals surface area contributed by atoms with Crippen molar-refractivity contribution in [2.24, 2.45) is 0 Å². The first-order chi connectivity index (χ1) is 9.06. The first-order valence-electron chi connectivity index (χ1n) is 6.05. The molecule has 19 heavy (non-hydrogen) atoms. The zero-order chi connectivity index (χ0) is 13.8. The van der Waals surface area contributed by atoms with Crippen LogP contribution in [-0.4, -0.2) is 6.10 Å². The van der Waals surface area contributed by atoms with E-state index in [1.165, 1.54) is 23.9 Å². The molecule has 0 saturated carbocycles. The molecule has 0 heterocycles. The van der Waals surface area contributed by atoms with Gasteiger partial charge in [-0.25, -0.2) is 4.39 Å². The average molecular weight is 277 g/mol. The quantitative estimate of drug-likeness (QED) is 0.844. The molecule has 0 unspecified atom stereocenters. The van der Waals surface area contributed by atoms with E-state index in [0.717, 1.165) is 9.79 Å². The van der Waals surface area contributed by atoms with Crippen molar-refractivity contribution in [1.29, 1.82) is 0 Å². The summed E-state index contributed by atoms with van der Waals surface area (Å²) in [5, 5.41) is 0. The van der Waals surface area contributed by atoms with Crippen molar-refractivity contribution >= 4 is 17.4 Å². The molecule has 2 rings (SSSR count). The van der Waals surface area contributed by atoms with Gasteiger partial charge in [0.15, 0.2) is 0 Å². The van der Waals surface area contributed by atoms with Crippen LogP contribution >= 0.6 is 11.8 Å². The summed E-state index contributed by atoms with van der Waals surface area (Å²) >= 11 is 1.49. The van der Waals surface area contributed by atoms with Gasteiger partial charge in [-0.05, 0) is 50.2 Å². The maximum absolute atomic E-state index is 12.9. The predicted octanol–water partition coefficient (Wildman–Crippen LogP) is 4.35. The summed E-state index contributed by atoms with van der Waals surface area (Å²) in [6.45, 7) is 3.92. The summed E-state index contributed by atoms with van der Waals surface area (Å²) in [5.74, 6) is 0.441. The van der Waals surface area contributed by atoms with Crippen LogP contribution in [0.1, 0.15) is 13.8 Å². The number of ether oxygens (including phenoxy) is 1. The van der Waals surface area contributed by atoms with E-state index in [1.807, 2.05) is 32.0 Å². The third-order valence-corrected chi connectivity index (χ3v) is 3.51. The first-order valence-corrected chi connectivity index (χ1v) is 6.86. The molecule has 0 aliphatic heterocycles.